The molecular weight excluding hydrogens is 500 g/mol. The van der Waals surface area contributed by atoms with Crippen LogP contribution in [0.2, 0.25) is 0 Å². The maximum atomic E-state index is 14.1. The van der Waals surface area contributed by atoms with E-state index in [1.54, 1.807) is 9.58 Å². The van der Waals surface area contributed by atoms with Crippen molar-refractivity contribution in [3.05, 3.63) is 24.3 Å². The van der Waals surface area contributed by atoms with Crippen molar-refractivity contribution < 1.29 is 24.2 Å². The lowest BCUT2D eigenvalue weighted by atomic mass is 9.62. The normalized spacial score (nSPS) is 31.2. The van der Waals surface area contributed by atoms with E-state index in [1.807, 2.05) is 45.0 Å². The molecule has 11 heteroatoms. The van der Waals surface area contributed by atoms with Gasteiger partial charge >= 0.3 is 0 Å². The van der Waals surface area contributed by atoms with Crippen molar-refractivity contribution in [2.24, 2.45) is 17.8 Å². The molecule has 2 aromatic rings. The van der Waals surface area contributed by atoms with Crippen molar-refractivity contribution in [2.75, 3.05) is 19.7 Å². The molecule has 0 saturated carbocycles. The minimum absolute atomic E-state index is 0.00186. The number of benzene rings is 1. The van der Waals surface area contributed by atoms with E-state index in [-0.39, 0.29) is 36.9 Å². The molecule has 39 heavy (non-hydrogen) atoms. The van der Waals surface area contributed by atoms with Gasteiger partial charge in [-0.15, -0.1) is 5.10 Å². The van der Waals surface area contributed by atoms with E-state index >= 15 is 0 Å². The highest BCUT2D eigenvalue weighted by molar-refractivity contribution is 5.99. The van der Waals surface area contributed by atoms with E-state index in [0.29, 0.717) is 32.4 Å². The van der Waals surface area contributed by atoms with Gasteiger partial charge in [-0.1, -0.05) is 44.0 Å². The van der Waals surface area contributed by atoms with Gasteiger partial charge in [-0.3, -0.25) is 14.4 Å². The molecule has 3 amide bonds. The molecule has 6 atom stereocenters. The van der Waals surface area contributed by atoms with E-state index in [9.17, 15) is 14.4 Å². The Labute approximate surface area is 228 Å². The van der Waals surface area contributed by atoms with Crippen molar-refractivity contribution in [3.8, 4) is 0 Å². The molecule has 1 spiro atoms. The van der Waals surface area contributed by atoms with E-state index in [2.05, 4.69) is 20.9 Å². The first kappa shape index (κ1) is 27.5. The van der Waals surface area contributed by atoms with E-state index in [0.717, 1.165) is 30.3 Å². The van der Waals surface area contributed by atoms with Crippen LogP contribution < -0.4 is 10.6 Å². The van der Waals surface area contributed by atoms with Gasteiger partial charge in [0.15, 0.2) is 0 Å². The second kappa shape index (κ2) is 10.8. The third-order valence-corrected chi connectivity index (χ3v) is 9.03. The summed E-state index contributed by atoms with van der Waals surface area (Å²) in [5.41, 5.74) is -0.374. The molecule has 3 saturated heterocycles. The number of rotatable bonds is 12. The average Bonchev–Trinajstić information content (AvgIpc) is 3.59. The first-order valence-electron chi connectivity index (χ1n) is 14.2. The Balaban J connectivity index is 1.43. The summed E-state index contributed by atoms with van der Waals surface area (Å²) in [5, 5.41) is 23.4. The number of likely N-dealkylation sites (tertiary alicyclic amines) is 1. The number of hydrogen-bond donors (Lipinski definition) is 3. The smallest absolute Gasteiger partial charge is 0.247 e. The number of fused-ring (bicyclic) bond motifs is 2. The quantitative estimate of drug-likeness (QED) is 0.348. The van der Waals surface area contributed by atoms with Crippen molar-refractivity contribution in [1.29, 1.82) is 0 Å². The van der Waals surface area contributed by atoms with Crippen LogP contribution in [0.15, 0.2) is 24.3 Å². The van der Waals surface area contributed by atoms with Gasteiger partial charge in [0.2, 0.25) is 17.7 Å². The summed E-state index contributed by atoms with van der Waals surface area (Å²) in [4.78, 5) is 43.1. The summed E-state index contributed by atoms with van der Waals surface area (Å²) >= 11 is 0. The number of aliphatic hydroxyl groups is 1. The molecule has 3 N–H and O–H groups in total. The largest absolute Gasteiger partial charge is 0.396 e. The monoisotopic (exact) mass is 540 g/mol. The number of nitrogens with zero attached hydrogens (tertiary/aromatic N) is 4. The van der Waals surface area contributed by atoms with Gasteiger partial charge in [0.25, 0.3) is 0 Å². The summed E-state index contributed by atoms with van der Waals surface area (Å²) in [7, 11) is 0. The third kappa shape index (κ3) is 4.49. The fourth-order valence-corrected chi connectivity index (χ4v) is 7.07. The number of carbonyl (C=O) groups is 3. The molecule has 0 aliphatic carbocycles. The number of aliphatic hydroxyl groups excluding tert-OH is 1. The molecular formula is C28H40N6O5. The van der Waals surface area contributed by atoms with Gasteiger partial charge in [0.05, 0.1) is 23.0 Å². The Morgan fingerprint density at radius 3 is 2.69 bits per heavy atom. The lowest BCUT2D eigenvalue weighted by Gasteiger charge is -2.36. The number of para-hydroxylation sites is 1. The summed E-state index contributed by atoms with van der Waals surface area (Å²) < 4.78 is 8.35. The zero-order valence-corrected chi connectivity index (χ0v) is 23.1. The molecule has 212 valence electrons. The summed E-state index contributed by atoms with van der Waals surface area (Å²) in [5.74, 6) is -2.05. The summed E-state index contributed by atoms with van der Waals surface area (Å²) in [6.07, 6.45) is 4.40. The predicted octanol–water partition coefficient (Wildman–Crippen LogP) is 1.59. The molecule has 2 bridgehead atoms. The highest BCUT2D eigenvalue weighted by atomic mass is 16.5. The van der Waals surface area contributed by atoms with Crippen LogP contribution in [0, 0.1) is 17.8 Å². The number of nitrogens with one attached hydrogen (secondary N) is 2. The maximum Gasteiger partial charge on any atom is 0.247 e. The van der Waals surface area contributed by atoms with Gasteiger partial charge in [-0.25, -0.2) is 4.68 Å². The van der Waals surface area contributed by atoms with Crippen molar-refractivity contribution in [2.45, 2.75) is 83.2 Å². The van der Waals surface area contributed by atoms with Gasteiger partial charge in [-0.05, 0) is 50.7 Å². The second-order valence-electron chi connectivity index (χ2n) is 11.4. The molecule has 3 fully saturated rings. The molecule has 3 unspecified atom stereocenters. The summed E-state index contributed by atoms with van der Waals surface area (Å²) in [6, 6.07) is 6.66. The van der Waals surface area contributed by atoms with Crippen LogP contribution in [0.3, 0.4) is 0 Å². The predicted molar refractivity (Wildman–Crippen MR) is 143 cm³/mol. The standard InChI is InChI=1S/C28H40N6O5/c1-4-13-29-24(36)21-22-26(38)33(14-9-5-6-10-15-35)23(28(22)16-18(2)27(21,3)39-28)25(37)30-17-34-20-12-8-7-11-19(20)31-32-34/h7-8,11-12,18,21-23,35H,4-6,9-10,13-17H2,1-3H3,(H,29,36)(H,30,37)/t18?,21-,22-,23?,27+,28?/m0/s1. The highest BCUT2D eigenvalue weighted by Crippen LogP contribution is 2.65. The van der Waals surface area contributed by atoms with Crippen LogP contribution in [0.4, 0.5) is 0 Å². The Hall–Kier alpha value is -3.05. The fraction of sp³-hybridized carbons (Fsp3) is 0.679. The number of ether oxygens (including phenoxy) is 1. The molecule has 1 aromatic heterocycles. The zero-order chi connectivity index (χ0) is 27.8. The first-order chi connectivity index (χ1) is 18.8. The third-order valence-electron chi connectivity index (χ3n) is 9.03. The zero-order valence-electron chi connectivity index (χ0n) is 23.1. The van der Waals surface area contributed by atoms with Crippen molar-refractivity contribution >= 4 is 28.8 Å². The number of unbranched alkanes of at least 4 members (excludes halogenated alkanes) is 3. The maximum absolute atomic E-state index is 14.1. The van der Waals surface area contributed by atoms with Crippen molar-refractivity contribution in [3.63, 3.8) is 0 Å². The average molecular weight is 541 g/mol. The van der Waals surface area contributed by atoms with Crippen LogP contribution in [-0.2, 0) is 25.8 Å². The minimum atomic E-state index is -1.07. The van der Waals surface area contributed by atoms with Crippen LogP contribution >= 0.6 is 0 Å². The molecule has 0 radical (unpaired) electrons. The van der Waals surface area contributed by atoms with E-state index in [4.69, 9.17) is 9.84 Å². The van der Waals surface area contributed by atoms with Crippen LogP contribution in [-0.4, -0.2) is 79.7 Å². The van der Waals surface area contributed by atoms with Gasteiger partial charge in [0, 0.05) is 19.7 Å². The Bertz CT molecular complexity index is 1230. The van der Waals surface area contributed by atoms with Gasteiger partial charge in [-0.2, -0.15) is 0 Å². The van der Waals surface area contributed by atoms with E-state index < -0.39 is 29.1 Å². The minimum Gasteiger partial charge on any atom is -0.396 e. The SMILES string of the molecule is CCCNC(=O)[C@@H]1[C@H]2C(=O)N(CCCCCCO)C(C(=O)NCn3nnc4ccccc43)C23CC(C)[C@@]1(C)O3. The topological polar surface area (TPSA) is 139 Å². The molecule has 5 rings (SSSR count). The molecule has 3 aliphatic rings. The summed E-state index contributed by atoms with van der Waals surface area (Å²) in [6.45, 7) is 7.11. The number of carbonyl (C=O) groups excluding carboxylic acids is 3. The second-order valence-corrected chi connectivity index (χ2v) is 11.4. The fourth-order valence-electron chi connectivity index (χ4n) is 7.07. The highest BCUT2D eigenvalue weighted by Gasteiger charge is 2.79. The number of aromatic nitrogens is 3. The Kier molecular flexibility index (Phi) is 7.65. The first-order valence-corrected chi connectivity index (χ1v) is 14.2. The van der Waals surface area contributed by atoms with Gasteiger partial charge < -0.3 is 25.4 Å². The Morgan fingerprint density at radius 2 is 1.92 bits per heavy atom. The Morgan fingerprint density at radius 1 is 1.15 bits per heavy atom. The molecule has 3 aliphatic heterocycles. The molecule has 4 heterocycles. The van der Waals surface area contributed by atoms with Crippen molar-refractivity contribution in [1.82, 2.24) is 30.5 Å². The van der Waals surface area contributed by atoms with E-state index in [1.165, 1.54) is 0 Å². The van der Waals surface area contributed by atoms with Crippen LogP contribution in [0.1, 0.15) is 59.3 Å². The molecule has 1 aromatic carbocycles. The lowest BCUT2D eigenvalue weighted by Crippen LogP contribution is -2.56. The molecule has 11 nitrogen and oxygen atoms in total. The number of amides is 3. The lowest BCUT2D eigenvalue weighted by molar-refractivity contribution is -0.147. The number of hydrogen-bond acceptors (Lipinski definition) is 7. The van der Waals surface area contributed by atoms with Gasteiger partial charge in [0.1, 0.15) is 23.8 Å². The van der Waals surface area contributed by atoms with Crippen LogP contribution in [0.5, 0.6) is 0 Å². The van der Waals surface area contributed by atoms with Crippen LogP contribution in [0.25, 0.3) is 11.0 Å².